The van der Waals surface area contributed by atoms with Crippen molar-refractivity contribution in [2.24, 2.45) is 0 Å². The fraction of sp³-hybridized carbons (Fsp3) is 0.217. The average molecular weight is 440 g/mol. The minimum absolute atomic E-state index is 0.318. The van der Waals surface area contributed by atoms with Crippen molar-refractivity contribution in [3.63, 3.8) is 0 Å². The fourth-order valence-corrected chi connectivity index (χ4v) is 5.91. The number of carbonyl (C=O) groups is 1. The Balaban J connectivity index is 0.000000187. The summed E-state index contributed by atoms with van der Waals surface area (Å²) >= 11 is 0. The van der Waals surface area contributed by atoms with E-state index in [0.717, 1.165) is 28.8 Å². The largest absolute Gasteiger partial charge is 0.744 e. The molecular formula is C23H21NO4S2. The number of Topliss-reactive ketones (excluding diaryl/α,β-unsaturated/α-hetero) is 1. The molecule has 4 rings (SSSR count). The third-order valence-electron chi connectivity index (χ3n) is 4.79. The molecule has 5 nitrogen and oxygen atoms in total. The lowest BCUT2D eigenvalue weighted by atomic mass is 10.1. The first-order valence-electron chi connectivity index (χ1n) is 9.49. The van der Waals surface area contributed by atoms with Crippen molar-refractivity contribution < 1.29 is 17.8 Å². The van der Waals surface area contributed by atoms with Crippen LogP contribution in [0.1, 0.15) is 28.8 Å². The standard InChI is InChI=1S/C16H17OS.C7H5NO3S/c17-16(12-18-9-3-4-10-18)15-8-7-13-5-1-2-6-14(13)11-15;8-5-6-1-3-7(4-2-6)12(9,10)11/h1-2,5-8,11H,3-4,9-10,12H2;1-4H,(H,9,10,11)/q+1;/p-1. The van der Waals surface area contributed by atoms with Gasteiger partial charge in [-0.25, -0.2) is 8.42 Å². The van der Waals surface area contributed by atoms with Crippen LogP contribution < -0.4 is 0 Å². The molecule has 1 saturated heterocycles. The average Bonchev–Trinajstić information content (AvgIpc) is 3.26. The third kappa shape index (κ3) is 5.92. The molecule has 0 spiro atoms. The highest BCUT2D eigenvalue weighted by Gasteiger charge is 2.27. The molecule has 0 aliphatic carbocycles. The summed E-state index contributed by atoms with van der Waals surface area (Å²) in [6.45, 7) is 0. The Labute approximate surface area is 179 Å². The summed E-state index contributed by atoms with van der Waals surface area (Å²) in [6, 6.07) is 20.9. The van der Waals surface area contributed by atoms with Gasteiger partial charge in [0.05, 0.1) is 16.5 Å². The molecule has 0 saturated carbocycles. The van der Waals surface area contributed by atoms with Gasteiger partial charge in [0.15, 0.2) is 5.75 Å². The van der Waals surface area contributed by atoms with Crippen LogP contribution in [-0.4, -0.2) is 36.0 Å². The summed E-state index contributed by atoms with van der Waals surface area (Å²) < 4.78 is 31.2. The van der Waals surface area contributed by atoms with Crippen molar-refractivity contribution in [1.82, 2.24) is 0 Å². The quantitative estimate of drug-likeness (QED) is 0.349. The Hall–Kier alpha value is -2.66. The van der Waals surface area contributed by atoms with Crippen LogP contribution in [0, 0.1) is 11.3 Å². The van der Waals surface area contributed by atoms with Gasteiger partial charge in [0.1, 0.15) is 21.6 Å². The molecule has 1 aliphatic heterocycles. The number of rotatable bonds is 4. The van der Waals surface area contributed by atoms with Gasteiger partial charge in [0.25, 0.3) is 0 Å². The second-order valence-electron chi connectivity index (χ2n) is 6.95. The van der Waals surface area contributed by atoms with Crippen molar-refractivity contribution in [1.29, 1.82) is 5.26 Å². The highest BCUT2D eigenvalue weighted by molar-refractivity contribution is 7.97. The Morgan fingerprint density at radius 2 is 1.60 bits per heavy atom. The number of ketones is 1. The third-order valence-corrected chi connectivity index (χ3v) is 8.05. The second kappa shape index (κ2) is 9.90. The number of benzene rings is 3. The van der Waals surface area contributed by atoms with Crippen molar-refractivity contribution in [2.75, 3.05) is 17.3 Å². The Kier molecular flexibility index (Phi) is 7.27. The van der Waals surface area contributed by atoms with E-state index in [2.05, 4.69) is 18.2 Å². The molecule has 1 heterocycles. The number of nitrogens with zero attached hydrogens (tertiary/aromatic N) is 1. The lowest BCUT2D eigenvalue weighted by Crippen LogP contribution is -2.17. The van der Waals surface area contributed by atoms with E-state index in [9.17, 15) is 17.8 Å². The van der Waals surface area contributed by atoms with E-state index in [1.165, 1.54) is 41.9 Å². The number of hydrogen-bond donors (Lipinski definition) is 0. The molecule has 30 heavy (non-hydrogen) atoms. The Bertz CT molecular complexity index is 1180. The first-order valence-corrected chi connectivity index (χ1v) is 12.6. The van der Waals surface area contributed by atoms with Gasteiger partial charge in [-0.05, 0) is 64.8 Å². The van der Waals surface area contributed by atoms with Gasteiger partial charge in [0, 0.05) is 5.56 Å². The van der Waals surface area contributed by atoms with Crippen LogP contribution in [0.5, 0.6) is 0 Å². The highest BCUT2D eigenvalue weighted by Crippen LogP contribution is 2.19. The van der Waals surface area contributed by atoms with Crippen LogP contribution in [0.4, 0.5) is 0 Å². The van der Waals surface area contributed by atoms with Crippen molar-refractivity contribution in [3.8, 4) is 6.07 Å². The second-order valence-corrected chi connectivity index (χ2v) is 10.7. The van der Waals surface area contributed by atoms with Gasteiger partial charge in [-0.1, -0.05) is 36.4 Å². The molecule has 0 atom stereocenters. The van der Waals surface area contributed by atoms with Gasteiger partial charge in [-0.3, -0.25) is 4.79 Å². The molecule has 7 heteroatoms. The summed E-state index contributed by atoms with van der Waals surface area (Å²) in [5.41, 5.74) is 1.20. The minimum Gasteiger partial charge on any atom is -0.744 e. The molecule has 0 radical (unpaired) electrons. The van der Waals surface area contributed by atoms with Crippen LogP contribution in [0.15, 0.2) is 71.6 Å². The lowest BCUT2D eigenvalue weighted by molar-refractivity contribution is 0.102. The maximum Gasteiger partial charge on any atom is 0.211 e. The summed E-state index contributed by atoms with van der Waals surface area (Å²) in [4.78, 5) is 11.9. The molecule has 154 valence electrons. The monoisotopic (exact) mass is 439 g/mol. The molecule has 3 aromatic carbocycles. The highest BCUT2D eigenvalue weighted by atomic mass is 32.2. The van der Waals surface area contributed by atoms with E-state index in [1.54, 1.807) is 0 Å². The molecule has 0 N–H and O–H groups in total. The van der Waals surface area contributed by atoms with Crippen LogP contribution in [0.3, 0.4) is 0 Å². The first kappa shape index (κ1) is 22.0. The summed E-state index contributed by atoms with van der Waals surface area (Å²) in [7, 11) is -4.03. The maximum atomic E-state index is 12.3. The molecule has 1 fully saturated rings. The zero-order chi connectivity index (χ0) is 21.6. The van der Waals surface area contributed by atoms with Crippen molar-refractivity contribution >= 4 is 37.6 Å². The van der Waals surface area contributed by atoms with Crippen LogP contribution in [0.25, 0.3) is 10.8 Å². The molecule has 0 aromatic heterocycles. The summed E-state index contributed by atoms with van der Waals surface area (Å²) in [5, 5.41) is 10.7. The van der Waals surface area contributed by atoms with E-state index >= 15 is 0 Å². The predicted octanol–water partition coefficient (Wildman–Crippen LogP) is 3.90. The smallest absolute Gasteiger partial charge is 0.211 e. The first-order chi connectivity index (χ1) is 14.4. The molecule has 3 aromatic rings. The molecular weight excluding hydrogens is 418 g/mol. The zero-order valence-electron chi connectivity index (χ0n) is 16.3. The van der Waals surface area contributed by atoms with E-state index in [1.807, 2.05) is 30.3 Å². The van der Waals surface area contributed by atoms with Gasteiger partial charge in [-0.2, -0.15) is 5.26 Å². The molecule has 1 aliphatic rings. The topological polar surface area (TPSA) is 98.1 Å². The van der Waals surface area contributed by atoms with Crippen LogP contribution >= 0.6 is 0 Å². The van der Waals surface area contributed by atoms with E-state index < -0.39 is 10.1 Å². The molecule has 0 bridgehead atoms. The molecule has 0 amide bonds. The molecule has 0 unspecified atom stereocenters. The summed E-state index contributed by atoms with van der Waals surface area (Å²) in [6.07, 6.45) is 2.63. The van der Waals surface area contributed by atoms with Crippen molar-refractivity contribution in [2.45, 2.75) is 17.7 Å². The maximum absolute atomic E-state index is 12.3. The predicted molar refractivity (Wildman–Crippen MR) is 119 cm³/mol. The van der Waals surface area contributed by atoms with Gasteiger partial charge >= 0.3 is 0 Å². The van der Waals surface area contributed by atoms with E-state index in [-0.39, 0.29) is 4.90 Å². The van der Waals surface area contributed by atoms with Gasteiger partial charge < -0.3 is 4.55 Å². The lowest BCUT2D eigenvalue weighted by Gasteiger charge is -2.05. The number of hydrogen-bond acceptors (Lipinski definition) is 5. The fourth-order valence-electron chi connectivity index (χ4n) is 3.19. The van der Waals surface area contributed by atoms with Gasteiger partial charge in [0.2, 0.25) is 5.78 Å². The minimum atomic E-state index is -4.39. The Morgan fingerprint density at radius 3 is 2.20 bits per heavy atom. The number of carbonyl (C=O) groups excluding carboxylic acids is 1. The van der Waals surface area contributed by atoms with E-state index in [4.69, 9.17) is 5.26 Å². The normalized spacial score (nSPS) is 14.0. The van der Waals surface area contributed by atoms with Crippen LogP contribution in [-0.2, 0) is 21.0 Å². The SMILES string of the molecule is N#Cc1ccc(S(=O)(=O)[O-])cc1.O=C(C[S+]1CCCC1)c1ccc2ccccc2c1. The van der Waals surface area contributed by atoms with E-state index in [0.29, 0.717) is 22.2 Å². The zero-order valence-corrected chi connectivity index (χ0v) is 17.9. The van der Waals surface area contributed by atoms with Crippen molar-refractivity contribution in [3.05, 3.63) is 77.9 Å². The Morgan fingerprint density at radius 1 is 0.967 bits per heavy atom. The van der Waals surface area contributed by atoms with Crippen LogP contribution in [0.2, 0.25) is 0 Å². The number of nitriles is 1. The number of fused-ring (bicyclic) bond motifs is 1. The summed E-state index contributed by atoms with van der Waals surface area (Å²) in [5.74, 6) is 3.61. The van der Waals surface area contributed by atoms with Gasteiger partial charge in [-0.15, -0.1) is 0 Å².